The smallest absolute Gasteiger partial charge is 0.123 e. The van der Waals surface area contributed by atoms with E-state index in [1.54, 1.807) is 17.5 Å². The highest BCUT2D eigenvalue weighted by Crippen LogP contribution is 2.22. The van der Waals surface area contributed by atoms with Gasteiger partial charge in [0.25, 0.3) is 0 Å². The van der Waals surface area contributed by atoms with Crippen molar-refractivity contribution in [3.8, 4) is 0 Å². The molecule has 0 saturated carbocycles. The van der Waals surface area contributed by atoms with Gasteiger partial charge in [-0.3, -0.25) is 0 Å². The minimum Gasteiger partial charge on any atom is -0.347 e. The molecule has 2 rings (SSSR count). The number of H-pyrrole nitrogens is 1. The van der Waals surface area contributed by atoms with Crippen molar-refractivity contribution in [2.45, 2.75) is 39.7 Å². The van der Waals surface area contributed by atoms with Gasteiger partial charge in [-0.2, -0.15) is 0 Å². The van der Waals surface area contributed by atoms with Gasteiger partial charge in [0.1, 0.15) is 5.82 Å². The maximum atomic E-state index is 4.60. The molecule has 2 N–H and O–H groups in total. The molecule has 0 aromatic carbocycles. The fourth-order valence-electron chi connectivity index (χ4n) is 1.85. The van der Waals surface area contributed by atoms with Crippen LogP contribution in [-0.2, 0) is 6.42 Å². The molecule has 1 unspecified atom stereocenters. The van der Waals surface area contributed by atoms with Crippen molar-refractivity contribution in [2.75, 3.05) is 6.54 Å². The average molecular weight is 264 g/mol. The average Bonchev–Trinajstić information content (AvgIpc) is 2.96. The molecular weight excluding hydrogens is 244 g/mol. The number of hydrogen-bond donors (Lipinski definition) is 2. The zero-order valence-corrected chi connectivity index (χ0v) is 12.0. The van der Waals surface area contributed by atoms with Gasteiger partial charge in [0, 0.05) is 23.7 Å². The Morgan fingerprint density at radius 2 is 2.28 bits per heavy atom. The molecule has 18 heavy (non-hydrogen) atoms. The molecule has 2 aromatic rings. The summed E-state index contributed by atoms with van der Waals surface area (Å²) < 4.78 is 0. The van der Waals surface area contributed by atoms with E-state index in [9.17, 15) is 0 Å². The summed E-state index contributed by atoms with van der Waals surface area (Å²) in [4.78, 5) is 13.5. The topological polar surface area (TPSA) is 53.6 Å². The third kappa shape index (κ3) is 3.17. The largest absolute Gasteiger partial charge is 0.347 e. The highest BCUT2D eigenvalue weighted by molar-refractivity contribution is 7.11. The van der Waals surface area contributed by atoms with Crippen molar-refractivity contribution >= 4 is 11.3 Å². The molecule has 0 aliphatic heterocycles. The molecule has 0 aliphatic rings. The first kappa shape index (κ1) is 13.2. The third-order valence-corrected chi connectivity index (χ3v) is 4.04. The Kier molecular flexibility index (Phi) is 4.49. The van der Waals surface area contributed by atoms with Crippen molar-refractivity contribution in [1.82, 2.24) is 20.3 Å². The molecule has 1 atom stereocenters. The molecule has 0 fully saturated rings. The monoisotopic (exact) mass is 264 g/mol. The molecule has 0 bridgehead atoms. The van der Waals surface area contributed by atoms with Crippen LogP contribution < -0.4 is 5.32 Å². The van der Waals surface area contributed by atoms with Crippen LogP contribution in [0, 0.1) is 13.8 Å². The van der Waals surface area contributed by atoms with Gasteiger partial charge in [-0.15, -0.1) is 11.3 Å². The lowest BCUT2D eigenvalue weighted by Crippen LogP contribution is -2.25. The predicted octanol–water partition coefficient (Wildman–Crippen LogP) is 2.77. The molecule has 2 aromatic heterocycles. The van der Waals surface area contributed by atoms with Crippen LogP contribution in [0.4, 0.5) is 0 Å². The number of hydrogen-bond acceptors (Lipinski definition) is 4. The van der Waals surface area contributed by atoms with E-state index in [0.717, 1.165) is 30.9 Å². The van der Waals surface area contributed by atoms with E-state index in [-0.39, 0.29) is 6.04 Å². The second-order valence-electron chi connectivity index (χ2n) is 4.43. The fourth-order valence-corrected chi connectivity index (χ4v) is 2.83. The van der Waals surface area contributed by atoms with Crippen LogP contribution in [0.1, 0.15) is 40.8 Å². The Morgan fingerprint density at radius 1 is 1.44 bits per heavy atom. The number of aromatic nitrogens is 3. The normalized spacial score (nSPS) is 12.8. The van der Waals surface area contributed by atoms with Gasteiger partial charge >= 0.3 is 0 Å². The minimum atomic E-state index is 0.227. The molecule has 0 saturated heterocycles. The maximum absolute atomic E-state index is 4.60. The second kappa shape index (κ2) is 6.11. The second-order valence-corrected chi connectivity index (χ2v) is 5.72. The SMILES string of the molecule is CCCNC(Cc1nc(C)c(C)s1)c1ncc[nH]1. The van der Waals surface area contributed by atoms with Crippen molar-refractivity contribution in [3.63, 3.8) is 0 Å². The first-order chi connectivity index (χ1) is 8.70. The van der Waals surface area contributed by atoms with Gasteiger partial charge in [0.15, 0.2) is 0 Å². The van der Waals surface area contributed by atoms with Crippen LogP contribution in [0.25, 0.3) is 0 Å². The number of imidazole rings is 1. The minimum absolute atomic E-state index is 0.227. The first-order valence-corrected chi connectivity index (χ1v) is 7.18. The van der Waals surface area contributed by atoms with E-state index in [4.69, 9.17) is 0 Å². The van der Waals surface area contributed by atoms with E-state index >= 15 is 0 Å². The first-order valence-electron chi connectivity index (χ1n) is 6.36. The van der Waals surface area contributed by atoms with E-state index in [1.807, 2.05) is 6.20 Å². The van der Waals surface area contributed by atoms with Gasteiger partial charge in [-0.1, -0.05) is 6.92 Å². The number of aryl methyl sites for hydroxylation is 2. The number of aromatic amines is 1. The fraction of sp³-hybridized carbons (Fsp3) is 0.538. The molecular formula is C13H20N4S. The van der Waals surface area contributed by atoms with E-state index in [0.29, 0.717) is 0 Å². The molecule has 0 amide bonds. The maximum Gasteiger partial charge on any atom is 0.123 e. The van der Waals surface area contributed by atoms with Crippen LogP contribution in [0.3, 0.4) is 0 Å². The van der Waals surface area contributed by atoms with Crippen LogP contribution in [0.2, 0.25) is 0 Å². The van der Waals surface area contributed by atoms with E-state index in [1.165, 1.54) is 9.88 Å². The van der Waals surface area contributed by atoms with Crippen LogP contribution in [0.15, 0.2) is 12.4 Å². The Hall–Kier alpha value is -1.20. The van der Waals surface area contributed by atoms with Gasteiger partial charge < -0.3 is 10.3 Å². The quantitative estimate of drug-likeness (QED) is 0.843. The van der Waals surface area contributed by atoms with Gasteiger partial charge in [-0.25, -0.2) is 9.97 Å². The zero-order chi connectivity index (χ0) is 13.0. The number of nitrogens with zero attached hydrogens (tertiary/aromatic N) is 2. The molecule has 0 aliphatic carbocycles. The van der Waals surface area contributed by atoms with Gasteiger partial charge in [0.2, 0.25) is 0 Å². The predicted molar refractivity (Wildman–Crippen MR) is 74.9 cm³/mol. The summed E-state index contributed by atoms with van der Waals surface area (Å²) in [6, 6.07) is 0.227. The van der Waals surface area contributed by atoms with Gasteiger partial charge in [0.05, 0.1) is 16.7 Å². The zero-order valence-electron chi connectivity index (χ0n) is 11.2. The number of rotatable bonds is 6. The summed E-state index contributed by atoms with van der Waals surface area (Å²) in [5, 5.41) is 4.70. The standard InChI is InChI=1S/C13H20N4S/c1-4-5-14-11(13-15-6-7-16-13)8-12-17-9(2)10(3)18-12/h6-7,11,14H,4-5,8H2,1-3H3,(H,15,16). The Bertz CT molecular complexity index is 456. The van der Waals surface area contributed by atoms with E-state index in [2.05, 4.69) is 41.0 Å². The number of thiazole rings is 1. The van der Waals surface area contributed by atoms with Crippen LogP contribution in [0.5, 0.6) is 0 Å². The summed E-state index contributed by atoms with van der Waals surface area (Å²) in [6.07, 6.45) is 5.68. The van der Waals surface area contributed by atoms with Crippen molar-refractivity contribution in [1.29, 1.82) is 0 Å². The van der Waals surface area contributed by atoms with Crippen LogP contribution in [-0.4, -0.2) is 21.5 Å². The van der Waals surface area contributed by atoms with Crippen molar-refractivity contribution in [3.05, 3.63) is 33.8 Å². The lowest BCUT2D eigenvalue weighted by atomic mass is 10.2. The molecule has 0 radical (unpaired) electrons. The Labute approximate surface area is 112 Å². The molecule has 0 spiro atoms. The Balaban J connectivity index is 2.09. The summed E-state index contributed by atoms with van der Waals surface area (Å²) in [5.74, 6) is 0.994. The third-order valence-electron chi connectivity index (χ3n) is 2.94. The lowest BCUT2D eigenvalue weighted by Gasteiger charge is -2.14. The molecule has 5 heteroatoms. The molecule has 4 nitrogen and oxygen atoms in total. The summed E-state index contributed by atoms with van der Waals surface area (Å²) in [6.45, 7) is 7.35. The van der Waals surface area contributed by atoms with E-state index < -0.39 is 0 Å². The molecule has 98 valence electrons. The van der Waals surface area contributed by atoms with Crippen molar-refractivity contribution < 1.29 is 0 Å². The number of nitrogens with one attached hydrogen (secondary N) is 2. The summed E-state index contributed by atoms with van der Waals surface area (Å²) in [7, 11) is 0. The van der Waals surface area contributed by atoms with Gasteiger partial charge in [-0.05, 0) is 26.8 Å². The van der Waals surface area contributed by atoms with Crippen LogP contribution >= 0.6 is 11.3 Å². The Morgan fingerprint density at radius 3 is 2.83 bits per heavy atom. The summed E-state index contributed by atoms with van der Waals surface area (Å²) >= 11 is 1.78. The highest BCUT2D eigenvalue weighted by Gasteiger charge is 2.16. The summed E-state index contributed by atoms with van der Waals surface area (Å²) in [5.41, 5.74) is 1.14. The highest BCUT2D eigenvalue weighted by atomic mass is 32.1. The van der Waals surface area contributed by atoms with Crippen molar-refractivity contribution in [2.24, 2.45) is 0 Å². The lowest BCUT2D eigenvalue weighted by molar-refractivity contribution is 0.507. The molecule has 2 heterocycles.